The van der Waals surface area contributed by atoms with Crippen molar-refractivity contribution in [3.63, 3.8) is 0 Å². The third-order valence-electron chi connectivity index (χ3n) is 5.84. The number of carbonyl (C=O) groups is 2. The number of benzene rings is 1. The van der Waals surface area contributed by atoms with Crippen LogP contribution in [0.2, 0.25) is 0 Å². The highest BCUT2D eigenvalue weighted by molar-refractivity contribution is 5.88. The van der Waals surface area contributed by atoms with Crippen molar-refractivity contribution in [2.45, 2.75) is 25.9 Å². The van der Waals surface area contributed by atoms with Crippen molar-refractivity contribution < 1.29 is 19.8 Å². The van der Waals surface area contributed by atoms with E-state index in [2.05, 4.69) is 4.98 Å². The third-order valence-corrected chi connectivity index (χ3v) is 5.84. The van der Waals surface area contributed by atoms with Gasteiger partial charge in [0.2, 0.25) is 11.8 Å². The molecule has 2 N–H and O–H groups in total. The molecule has 2 aliphatic rings. The van der Waals surface area contributed by atoms with Gasteiger partial charge in [0.1, 0.15) is 0 Å². The number of hydrogen-bond acceptors (Lipinski definition) is 5. The lowest BCUT2D eigenvalue weighted by Crippen LogP contribution is -2.46. The number of fused-ring (bicyclic) bond motifs is 2. The number of nitrogens with zero attached hydrogens (tertiary/aromatic N) is 3. The minimum Gasteiger partial charge on any atom is -0.396 e. The predicted molar refractivity (Wildman–Crippen MR) is 103 cm³/mol. The average molecular weight is 383 g/mol. The average Bonchev–Trinajstić information content (AvgIpc) is 3.38. The zero-order valence-electron chi connectivity index (χ0n) is 15.8. The minimum atomic E-state index is -0.943. The quantitative estimate of drug-likeness (QED) is 0.801. The Bertz CT molecular complexity index is 850. The van der Waals surface area contributed by atoms with Crippen LogP contribution in [0.1, 0.15) is 24.1 Å². The summed E-state index contributed by atoms with van der Waals surface area (Å²) in [5.41, 5.74) is 2.71. The maximum atomic E-state index is 13.1. The van der Waals surface area contributed by atoms with E-state index in [1.807, 2.05) is 30.3 Å². The molecule has 7 heteroatoms. The molecular formula is C21H25N3O4. The van der Waals surface area contributed by atoms with E-state index in [0.717, 1.165) is 35.0 Å². The minimum absolute atomic E-state index is 0.243. The maximum Gasteiger partial charge on any atom is 0.229 e. The fourth-order valence-corrected chi connectivity index (χ4v) is 4.23. The number of para-hydroxylation sites is 1. The number of rotatable bonds is 5. The van der Waals surface area contributed by atoms with E-state index in [0.29, 0.717) is 26.2 Å². The number of likely N-dealkylation sites (tertiary alicyclic amines) is 1. The van der Waals surface area contributed by atoms with E-state index in [-0.39, 0.29) is 11.8 Å². The number of carbonyl (C=O) groups excluding carboxylic acids is 2. The molecule has 148 valence electrons. The molecule has 2 unspecified atom stereocenters. The van der Waals surface area contributed by atoms with Gasteiger partial charge < -0.3 is 20.0 Å². The summed E-state index contributed by atoms with van der Waals surface area (Å²) in [6.45, 7) is 1.13. The van der Waals surface area contributed by atoms with Crippen LogP contribution in [0.4, 0.5) is 0 Å². The van der Waals surface area contributed by atoms with Crippen LogP contribution >= 0.6 is 0 Å². The largest absolute Gasteiger partial charge is 0.396 e. The van der Waals surface area contributed by atoms with Crippen molar-refractivity contribution in [1.82, 2.24) is 14.8 Å². The summed E-state index contributed by atoms with van der Waals surface area (Å²) in [6, 6.07) is 9.84. The van der Waals surface area contributed by atoms with Crippen LogP contribution in [0.5, 0.6) is 0 Å². The first kappa shape index (κ1) is 18.8. The second kappa shape index (κ2) is 7.85. The first-order chi connectivity index (χ1) is 13.6. The molecule has 1 aromatic carbocycles. The number of aliphatic hydroxyl groups is 2. The Morgan fingerprint density at radius 3 is 2.29 bits per heavy atom. The molecule has 1 aromatic heterocycles. The lowest BCUT2D eigenvalue weighted by atomic mass is 9.91. The van der Waals surface area contributed by atoms with Gasteiger partial charge in [0.15, 0.2) is 0 Å². The molecule has 2 aliphatic heterocycles. The summed E-state index contributed by atoms with van der Waals surface area (Å²) in [7, 11) is 0. The van der Waals surface area contributed by atoms with Gasteiger partial charge in [0.25, 0.3) is 0 Å². The highest BCUT2D eigenvalue weighted by Gasteiger charge is 2.39. The lowest BCUT2D eigenvalue weighted by molar-refractivity contribution is -0.149. The molecule has 0 bridgehead atoms. The predicted octanol–water partition coefficient (Wildman–Crippen LogP) is 0.916. The van der Waals surface area contributed by atoms with E-state index < -0.39 is 25.0 Å². The van der Waals surface area contributed by atoms with Gasteiger partial charge in [-0.3, -0.25) is 14.6 Å². The molecule has 0 saturated carbocycles. The number of amides is 2. The number of pyridine rings is 1. The first-order valence-corrected chi connectivity index (χ1v) is 9.79. The van der Waals surface area contributed by atoms with Crippen molar-refractivity contribution in [2.75, 3.05) is 26.3 Å². The van der Waals surface area contributed by atoms with E-state index in [9.17, 15) is 19.8 Å². The zero-order valence-corrected chi connectivity index (χ0v) is 15.8. The van der Waals surface area contributed by atoms with Gasteiger partial charge in [-0.25, -0.2) is 0 Å². The van der Waals surface area contributed by atoms with Crippen LogP contribution < -0.4 is 0 Å². The third kappa shape index (κ3) is 3.36. The molecule has 1 saturated heterocycles. The van der Waals surface area contributed by atoms with Crippen molar-refractivity contribution in [2.24, 2.45) is 11.8 Å². The van der Waals surface area contributed by atoms with Crippen LogP contribution in [-0.2, 0) is 22.7 Å². The van der Waals surface area contributed by atoms with Crippen LogP contribution in [-0.4, -0.2) is 63.1 Å². The number of aliphatic hydroxyl groups excluding tert-OH is 2. The summed E-state index contributed by atoms with van der Waals surface area (Å²) in [5, 5.41) is 20.7. The molecule has 3 heterocycles. The molecule has 28 heavy (non-hydrogen) atoms. The van der Waals surface area contributed by atoms with Gasteiger partial charge in [0.05, 0.1) is 42.8 Å². The summed E-state index contributed by atoms with van der Waals surface area (Å²) in [5.74, 6) is -2.41. The highest BCUT2D eigenvalue weighted by atomic mass is 16.3. The molecule has 2 atom stereocenters. The Hall–Kier alpha value is -2.51. The summed E-state index contributed by atoms with van der Waals surface area (Å²) >= 11 is 0. The van der Waals surface area contributed by atoms with Gasteiger partial charge in [-0.2, -0.15) is 0 Å². The second-order valence-corrected chi connectivity index (χ2v) is 7.59. The van der Waals surface area contributed by atoms with Crippen molar-refractivity contribution in [1.29, 1.82) is 0 Å². The summed E-state index contributed by atoms with van der Waals surface area (Å²) in [6.07, 6.45) is 1.87. The highest BCUT2D eigenvalue weighted by Crippen LogP contribution is 2.28. The Morgan fingerprint density at radius 1 is 0.964 bits per heavy atom. The van der Waals surface area contributed by atoms with E-state index >= 15 is 0 Å². The Labute approximate surface area is 163 Å². The van der Waals surface area contributed by atoms with Gasteiger partial charge in [0, 0.05) is 25.0 Å². The summed E-state index contributed by atoms with van der Waals surface area (Å²) in [4.78, 5) is 33.8. The Morgan fingerprint density at radius 2 is 1.61 bits per heavy atom. The molecular weight excluding hydrogens is 358 g/mol. The topological polar surface area (TPSA) is 94.0 Å². The molecule has 0 aliphatic carbocycles. The van der Waals surface area contributed by atoms with Gasteiger partial charge >= 0.3 is 0 Å². The molecule has 0 radical (unpaired) electrons. The molecule has 0 spiro atoms. The van der Waals surface area contributed by atoms with E-state index in [4.69, 9.17) is 0 Å². The first-order valence-electron chi connectivity index (χ1n) is 9.79. The van der Waals surface area contributed by atoms with Crippen LogP contribution in [0.25, 0.3) is 10.9 Å². The second-order valence-electron chi connectivity index (χ2n) is 7.59. The van der Waals surface area contributed by atoms with Crippen molar-refractivity contribution in [3.05, 3.63) is 41.6 Å². The molecule has 2 aromatic rings. The van der Waals surface area contributed by atoms with Gasteiger partial charge in [-0.1, -0.05) is 18.2 Å². The molecule has 4 rings (SSSR count). The fraction of sp³-hybridized carbons (Fsp3) is 0.476. The Balaban J connectivity index is 1.53. The smallest absolute Gasteiger partial charge is 0.229 e. The van der Waals surface area contributed by atoms with Crippen LogP contribution in [0.3, 0.4) is 0 Å². The lowest BCUT2D eigenvalue weighted by Gasteiger charge is -2.29. The normalized spacial score (nSPS) is 18.4. The van der Waals surface area contributed by atoms with Crippen molar-refractivity contribution in [3.8, 4) is 0 Å². The van der Waals surface area contributed by atoms with E-state index in [1.54, 1.807) is 9.80 Å². The zero-order chi connectivity index (χ0) is 19.7. The number of hydrogen-bond donors (Lipinski definition) is 2. The maximum absolute atomic E-state index is 13.1. The number of aromatic nitrogens is 1. The molecule has 1 fully saturated rings. The van der Waals surface area contributed by atoms with E-state index in [1.165, 1.54) is 0 Å². The van der Waals surface area contributed by atoms with Gasteiger partial charge in [-0.05, 0) is 30.5 Å². The molecule has 7 nitrogen and oxygen atoms in total. The van der Waals surface area contributed by atoms with Crippen molar-refractivity contribution >= 4 is 22.7 Å². The van der Waals surface area contributed by atoms with Crippen LogP contribution in [0.15, 0.2) is 30.3 Å². The standard InChI is InChI=1S/C21H25N3O4/c25-12-16(20(27)23-7-3-4-8-23)17(13-26)21(28)24-10-15-9-14-5-1-2-6-18(14)22-19(15)11-24/h1-2,5-6,9,16-17,25-26H,3-4,7-8,10-13H2. The molecule has 2 amide bonds. The van der Waals surface area contributed by atoms with Gasteiger partial charge in [-0.15, -0.1) is 0 Å². The Kier molecular flexibility index (Phi) is 5.28. The fourth-order valence-electron chi connectivity index (χ4n) is 4.23. The monoisotopic (exact) mass is 383 g/mol. The van der Waals surface area contributed by atoms with Crippen LogP contribution in [0, 0.1) is 11.8 Å². The SMILES string of the molecule is O=C(C(CO)C(CO)C(=O)N1Cc2cc3ccccc3nc2C1)N1CCCC1. The summed E-state index contributed by atoms with van der Waals surface area (Å²) < 4.78 is 0.